The molecule has 0 aromatic heterocycles. The number of rotatable bonds is 2. The molecule has 0 aliphatic heterocycles. The molecule has 2 heteroatoms. The van der Waals surface area contributed by atoms with Crippen molar-refractivity contribution in [1.82, 2.24) is 0 Å². The fourth-order valence-electron chi connectivity index (χ4n) is 8.37. The SMILES string of the molecule is CC1(C)[C@@H]2CC[C@](C)(C2)[C@]1(C)OC(=O)C12CC3CC(CC(C3)C1)C2. The molecule has 6 bridgehead atoms. The number of fused-ring (bicyclic) bond motifs is 2. The molecule has 0 amide bonds. The van der Waals surface area contributed by atoms with Crippen LogP contribution >= 0.6 is 0 Å². The predicted octanol–water partition coefficient (Wildman–Crippen LogP) is 5.35. The molecule has 2 nitrogen and oxygen atoms in total. The first-order valence-electron chi connectivity index (χ1n) is 10.4. The second-order valence-corrected chi connectivity index (χ2v) is 11.3. The monoisotopic (exact) mass is 330 g/mol. The minimum Gasteiger partial charge on any atom is -0.458 e. The third-order valence-corrected chi connectivity index (χ3v) is 9.91. The van der Waals surface area contributed by atoms with Gasteiger partial charge < -0.3 is 4.74 Å². The summed E-state index contributed by atoms with van der Waals surface area (Å²) in [5, 5.41) is 0. The Labute approximate surface area is 147 Å². The zero-order chi connectivity index (χ0) is 17.0. The van der Waals surface area contributed by atoms with Crippen LogP contribution in [0.4, 0.5) is 0 Å². The quantitative estimate of drug-likeness (QED) is 0.638. The molecule has 6 aliphatic carbocycles. The largest absolute Gasteiger partial charge is 0.458 e. The highest BCUT2D eigenvalue weighted by Gasteiger charge is 2.70. The average molecular weight is 331 g/mol. The van der Waals surface area contributed by atoms with Crippen molar-refractivity contribution in [2.45, 2.75) is 91.1 Å². The van der Waals surface area contributed by atoms with Crippen molar-refractivity contribution in [2.24, 2.45) is 39.9 Å². The van der Waals surface area contributed by atoms with Gasteiger partial charge in [-0.05, 0) is 88.4 Å². The molecule has 3 atom stereocenters. The van der Waals surface area contributed by atoms with Gasteiger partial charge in [0, 0.05) is 10.8 Å². The van der Waals surface area contributed by atoms with E-state index in [0.717, 1.165) is 42.9 Å². The fourth-order valence-corrected chi connectivity index (χ4v) is 8.37. The van der Waals surface area contributed by atoms with E-state index in [-0.39, 0.29) is 27.8 Å². The van der Waals surface area contributed by atoms with Gasteiger partial charge in [0.25, 0.3) is 0 Å². The Kier molecular flexibility index (Phi) is 2.88. The van der Waals surface area contributed by atoms with Crippen molar-refractivity contribution < 1.29 is 9.53 Å². The van der Waals surface area contributed by atoms with Crippen LogP contribution in [-0.2, 0) is 9.53 Å². The minimum absolute atomic E-state index is 0.109. The van der Waals surface area contributed by atoms with Gasteiger partial charge in [-0.15, -0.1) is 0 Å². The summed E-state index contributed by atoms with van der Waals surface area (Å²) in [4.78, 5) is 13.5. The summed E-state index contributed by atoms with van der Waals surface area (Å²) in [5.74, 6) is 3.32. The molecule has 6 fully saturated rings. The summed E-state index contributed by atoms with van der Waals surface area (Å²) in [7, 11) is 0. The van der Waals surface area contributed by atoms with E-state index in [4.69, 9.17) is 4.74 Å². The predicted molar refractivity (Wildman–Crippen MR) is 94.3 cm³/mol. The molecule has 0 spiro atoms. The highest BCUT2D eigenvalue weighted by Crippen LogP contribution is 2.70. The minimum atomic E-state index is -0.288. The van der Waals surface area contributed by atoms with Crippen molar-refractivity contribution in [2.75, 3.05) is 0 Å². The van der Waals surface area contributed by atoms with Crippen LogP contribution in [0.2, 0.25) is 0 Å². The lowest BCUT2D eigenvalue weighted by molar-refractivity contribution is -0.215. The molecule has 0 aromatic carbocycles. The second kappa shape index (κ2) is 4.41. The van der Waals surface area contributed by atoms with Crippen LogP contribution in [0, 0.1) is 39.9 Å². The smallest absolute Gasteiger partial charge is 0.312 e. The first-order chi connectivity index (χ1) is 11.2. The van der Waals surface area contributed by atoms with Gasteiger partial charge in [0.2, 0.25) is 0 Å². The van der Waals surface area contributed by atoms with E-state index >= 15 is 0 Å². The topological polar surface area (TPSA) is 26.3 Å². The highest BCUT2D eigenvalue weighted by atomic mass is 16.6. The molecular weight excluding hydrogens is 296 g/mol. The van der Waals surface area contributed by atoms with E-state index in [1.54, 1.807) is 0 Å². The van der Waals surface area contributed by atoms with E-state index in [9.17, 15) is 4.79 Å². The molecule has 6 rings (SSSR count). The number of esters is 1. The van der Waals surface area contributed by atoms with Gasteiger partial charge in [-0.2, -0.15) is 0 Å². The normalized spacial score (nSPS) is 56.7. The zero-order valence-corrected chi connectivity index (χ0v) is 16.0. The maximum Gasteiger partial charge on any atom is 0.312 e. The highest BCUT2D eigenvalue weighted by molar-refractivity contribution is 5.78. The van der Waals surface area contributed by atoms with Crippen molar-refractivity contribution in [1.29, 1.82) is 0 Å². The lowest BCUT2D eigenvalue weighted by Crippen LogP contribution is -2.58. The second-order valence-electron chi connectivity index (χ2n) is 11.3. The average Bonchev–Trinajstić information content (AvgIpc) is 2.94. The van der Waals surface area contributed by atoms with Crippen molar-refractivity contribution >= 4 is 5.97 Å². The molecule has 6 aliphatic rings. The molecule has 0 N–H and O–H groups in total. The molecule has 0 saturated heterocycles. The Hall–Kier alpha value is -0.530. The standard InChI is InChI=1S/C22H34O2/c1-19(2)17-5-6-20(3,13-17)21(19,4)24-18(23)22-10-14-7-15(11-22)9-16(8-14)12-22/h14-17H,5-13H2,1-4H3/t14?,15?,16?,17-,20-,21-,22?/m1/s1. The van der Waals surface area contributed by atoms with Gasteiger partial charge in [0.05, 0.1) is 5.41 Å². The van der Waals surface area contributed by atoms with Crippen LogP contribution in [0.3, 0.4) is 0 Å². The number of hydrogen-bond donors (Lipinski definition) is 0. The third-order valence-electron chi connectivity index (χ3n) is 9.91. The zero-order valence-electron chi connectivity index (χ0n) is 16.0. The molecule has 0 radical (unpaired) electrons. The van der Waals surface area contributed by atoms with Gasteiger partial charge in [0.15, 0.2) is 0 Å². The maximum absolute atomic E-state index is 13.5. The number of hydrogen-bond acceptors (Lipinski definition) is 2. The van der Waals surface area contributed by atoms with Gasteiger partial charge in [-0.1, -0.05) is 20.8 Å². The summed E-state index contributed by atoms with van der Waals surface area (Å²) in [6.07, 6.45) is 11.3. The Balaban J connectivity index is 1.45. The Morgan fingerprint density at radius 2 is 1.42 bits per heavy atom. The lowest BCUT2D eigenvalue weighted by Gasteiger charge is -2.57. The molecule has 24 heavy (non-hydrogen) atoms. The number of carbonyl (C=O) groups excluding carboxylic acids is 1. The summed E-state index contributed by atoms with van der Waals surface area (Å²) in [6.45, 7) is 9.36. The molecule has 0 heterocycles. The first-order valence-corrected chi connectivity index (χ1v) is 10.4. The molecule has 0 aromatic rings. The fraction of sp³-hybridized carbons (Fsp3) is 0.955. The van der Waals surface area contributed by atoms with Crippen molar-refractivity contribution in [3.8, 4) is 0 Å². The van der Waals surface area contributed by atoms with E-state index in [0.29, 0.717) is 0 Å². The van der Waals surface area contributed by atoms with Gasteiger partial charge in [-0.25, -0.2) is 0 Å². The summed E-state index contributed by atoms with van der Waals surface area (Å²) in [5.41, 5.74) is -0.119. The van der Waals surface area contributed by atoms with Crippen molar-refractivity contribution in [3.05, 3.63) is 0 Å². The van der Waals surface area contributed by atoms with E-state index in [1.807, 2.05) is 0 Å². The van der Waals surface area contributed by atoms with Crippen LogP contribution in [0.1, 0.15) is 85.5 Å². The summed E-state index contributed by atoms with van der Waals surface area (Å²) >= 11 is 0. The van der Waals surface area contributed by atoms with Crippen LogP contribution in [-0.4, -0.2) is 11.6 Å². The van der Waals surface area contributed by atoms with Gasteiger partial charge in [-0.3, -0.25) is 4.79 Å². The van der Waals surface area contributed by atoms with E-state index < -0.39 is 0 Å². The summed E-state index contributed by atoms with van der Waals surface area (Å²) in [6, 6.07) is 0. The third kappa shape index (κ3) is 1.71. The van der Waals surface area contributed by atoms with E-state index in [1.165, 1.54) is 38.5 Å². The van der Waals surface area contributed by atoms with Crippen LogP contribution < -0.4 is 0 Å². The van der Waals surface area contributed by atoms with Crippen LogP contribution in [0.25, 0.3) is 0 Å². The molecule has 134 valence electrons. The molecule has 6 saturated carbocycles. The van der Waals surface area contributed by atoms with Crippen LogP contribution in [0.15, 0.2) is 0 Å². The van der Waals surface area contributed by atoms with Gasteiger partial charge >= 0.3 is 5.97 Å². The van der Waals surface area contributed by atoms with Crippen LogP contribution in [0.5, 0.6) is 0 Å². The molecular formula is C22H34O2. The summed E-state index contributed by atoms with van der Waals surface area (Å²) < 4.78 is 6.60. The number of ether oxygens (including phenoxy) is 1. The Bertz CT molecular complexity index is 549. The van der Waals surface area contributed by atoms with E-state index in [2.05, 4.69) is 27.7 Å². The Morgan fingerprint density at radius 3 is 1.88 bits per heavy atom. The molecule has 0 unspecified atom stereocenters. The Morgan fingerprint density at radius 1 is 0.875 bits per heavy atom. The maximum atomic E-state index is 13.5. The number of carbonyl (C=O) groups is 1. The van der Waals surface area contributed by atoms with Gasteiger partial charge in [0.1, 0.15) is 5.60 Å². The van der Waals surface area contributed by atoms with Crippen molar-refractivity contribution in [3.63, 3.8) is 0 Å². The lowest BCUT2D eigenvalue weighted by atomic mass is 9.49. The first kappa shape index (κ1) is 15.7.